The summed E-state index contributed by atoms with van der Waals surface area (Å²) >= 11 is 0. The number of carbonyl (C=O) groups excluding carboxylic acids is 1. The summed E-state index contributed by atoms with van der Waals surface area (Å²) in [5, 5.41) is 14.7. The summed E-state index contributed by atoms with van der Waals surface area (Å²) < 4.78 is 7.33. The van der Waals surface area contributed by atoms with Crippen molar-refractivity contribution in [3.63, 3.8) is 0 Å². The van der Waals surface area contributed by atoms with Crippen LogP contribution < -0.4 is 10.1 Å². The molecular weight excluding hydrogens is 354 g/mol. The van der Waals surface area contributed by atoms with Crippen LogP contribution in [-0.2, 0) is 6.54 Å². The number of hydrogen-bond acceptors (Lipinski definition) is 4. The van der Waals surface area contributed by atoms with Gasteiger partial charge in [-0.2, -0.15) is 10.2 Å². The van der Waals surface area contributed by atoms with Crippen LogP contribution in [0.15, 0.2) is 36.5 Å². The lowest BCUT2D eigenvalue weighted by atomic mass is 10.1. The lowest BCUT2D eigenvalue weighted by Crippen LogP contribution is -2.32. The fraction of sp³-hybridized carbons (Fsp3) is 0.381. The van der Waals surface area contributed by atoms with E-state index in [2.05, 4.69) is 33.6 Å². The van der Waals surface area contributed by atoms with Crippen LogP contribution in [-0.4, -0.2) is 39.5 Å². The van der Waals surface area contributed by atoms with Crippen molar-refractivity contribution in [2.24, 2.45) is 5.41 Å². The molecule has 1 saturated carbocycles. The second kappa shape index (κ2) is 7.14. The average Bonchev–Trinajstić information content (AvgIpc) is 3.13. The van der Waals surface area contributed by atoms with Gasteiger partial charge in [-0.25, -0.2) is 0 Å². The Morgan fingerprint density at radius 2 is 2.14 bits per heavy atom. The Bertz CT molecular complexity index is 1000. The van der Waals surface area contributed by atoms with Crippen LogP contribution in [0.25, 0.3) is 11.3 Å². The molecule has 7 nitrogen and oxygen atoms in total. The molecule has 0 unspecified atom stereocenters. The fourth-order valence-electron chi connectivity index (χ4n) is 3.54. The second-order valence-corrected chi connectivity index (χ2v) is 7.66. The SMILES string of the molecule is COc1cccc(-c2[nH]ncc2C(=O)NCC2(Cn3nc(C)cc3C)CC2)c1. The van der Waals surface area contributed by atoms with Gasteiger partial charge >= 0.3 is 0 Å². The molecule has 0 atom stereocenters. The van der Waals surface area contributed by atoms with Gasteiger partial charge in [-0.3, -0.25) is 14.6 Å². The molecule has 0 saturated heterocycles. The number of H-pyrrole nitrogens is 1. The van der Waals surface area contributed by atoms with E-state index >= 15 is 0 Å². The van der Waals surface area contributed by atoms with Crippen molar-refractivity contribution in [2.45, 2.75) is 33.2 Å². The van der Waals surface area contributed by atoms with Crippen LogP contribution in [0.2, 0.25) is 0 Å². The van der Waals surface area contributed by atoms with E-state index in [1.54, 1.807) is 13.3 Å². The monoisotopic (exact) mass is 379 g/mol. The molecule has 1 aliphatic carbocycles. The molecule has 2 aromatic heterocycles. The van der Waals surface area contributed by atoms with Crippen LogP contribution in [0.5, 0.6) is 5.75 Å². The first-order valence-corrected chi connectivity index (χ1v) is 9.47. The summed E-state index contributed by atoms with van der Waals surface area (Å²) in [6.07, 6.45) is 3.77. The third-order valence-electron chi connectivity index (χ3n) is 5.41. The summed E-state index contributed by atoms with van der Waals surface area (Å²) in [6, 6.07) is 9.66. The Kier molecular flexibility index (Phi) is 4.66. The maximum Gasteiger partial charge on any atom is 0.255 e. The minimum Gasteiger partial charge on any atom is -0.497 e. The Morgan fingerprint density at radius 3 is 2.82 bits per heavy atom. The number of hydrogen-bond donors (Lipinski definition) is 2. The zero-order valence-corrected chi connectivity index (χ0v) is 16.5. The van der Waals surface area contributed by atoms with E-state index < -0.39 is 0 Å². The first-order chi connectivity index (χ1) is 13.5. The summed E-state index contributed by atoms with van der Waals surface area (Å²) in [7, 11) is 1.62. The molecular formula is C21H25N5O2. The molecule has 2 N–H and O–H groups in total. The van der Waals surface area contributed by atoms with E-state index in [9.17, 15) is 4.79 Å². The molecule has 0 radical (unpaired) electrons. The highest BCUT2D eigenvalue weighted by Gasteiger charge is 2.43. The fourth-order valence-corrected chi connectivity index (χ4v) is 3.54. The quantitative estimate of drug-likeness (QED) is 0.661. The third kappa shape index (κ3) is 3.65. The van der Waals surface area contributed by atoms with E-state index in [0.717, 1.165) is 42.1 Å². The highest BCUT2D eigenvalue weighted by molar-refractivity contribution is 5.99. The van der Waals surface area contributed by atoms with Gasteiger partial charge in [0.1, 0.15) is 5.75 Å². The van der Waals surface area contributed by atoms with Crippen molar-refractivity contribution in [1.29, 1.82) is 0 Å². The van der Waals surface area contributed by atoms with Gasteiger partial charge < -0.3 is 10.1 Å². The number of aromatic nitrogens is 4. The van der Waals surface area contributed by atoms with Crippen LogP contribution in [0.1, 0.15) is 34.6 Å². The molecule has 1 amide bonds. The van der Waals surface area contributed by atoms with Gasteiger partial charge in [0.2, 0.25) is 0 Å². The number of methoxy groups -OCH3 is 1. The van der Waals surface area contributed by atoms with Crippen LogP contribution in [0.3, 0.4) is 0 Å². The van der Waals surface area contributed by atoms with Crippen molar-refractivity contribution in [3.8, 4) is 17.0 Å². The number of benzene rings is 1. The lowest BCUT2D eigenvalue weighted by Gasteiger charge is -2.17. The molecule has 1 fully saturated rings. The van der Waals surface area contributed by atoms with Gasteiger partial charge in [0.25, 0.3) is 5.91 Å². The minimum atomic E-state index is -0.119. The molecule has 1 aliphatic rings. The highest BCUT2D eigenvalue weighted by atomic mass is 16.5. The minimum absolute atomic E-state index is 0.0960. The molecule has 0 bridgehead atoms. The Balaban J connectivity index is 1.45. The van der Waals surface area contributed by atoms with E-state index in [1.807, 2.05) is 35.9 Å². The van der Waals surface area contributed by atoms with E-state index in [-0.39, 0.29) is 11.3 Å². The molecule has 2 heterocycles. The number of aryl methyl sites for hydroxylation is 2. The molecule has 0 spiro atoms. The topological polar surface area (TPSA) is 84.8 Å². The van der Waals surface area contributed by atoms with E-state index in [4.69, 9.17) is 4.74 Å². The van der Waals surface area contributed by atoms with Crippen LogP contribution in [0.4, 0.5) is 0 Å². The molecule has 3 aromatic rings. The summed E-state index contributed by atoms with van der Waals surface area (Å²) in [4.78, 5) is 12.8. The molecule has 0 aliphatic heterocycles. The average molecular weight is 379 g/mol. The molecule has 28 heavy (non-hydrogen) atoms. The number of rotatable bonds is 7. The summed E-state index contributed by atoms with van der Waals surface area (Å²) in [5.41, 5.74) is 4.38. The van der Waals surface area contributed by atoms with Crippen LogP contribution >= 0.6 is 0 Å². The Labute approximate surface area is 164 Å². The first-order valence-electron chi connectivity index (χ1n) is 9.47. The largest absolute Gasteiger partial charge is 0.497 e. The maximum absolute atomic E-state index is 12.8. The van der Waals surface area contributed by atoms with Crippen molar-refractivity contribution >= 4 is 5.91 Å². The van der Waals surface area contributed by atoms with Crippen LogP contribution in [0, 0.1) is 19.3 Å². The number of nitrogens with zero attached hydrogens (tertiary/aromatic N) is 3. The van der Waals surface area contributed by atoms with Gasteiger partial charge in [0.05, 0.1) is 30.3 Å². The molecule has 146 valence electrons. The Hall–Kier alpha value is -3.09. The number of aromatic amines is 1. The van der Waals surface area contributed by atoms with Gasteiger partial charge in [0.15, 0.2) is 0 Å². The zero-order valence-electron chi connectivity index (χ0n) is 16.5. The summed E-state index contributed by atoms with van der Waals surface area (Å²) in [5.74, 6) is 0.617. The predicted molar refractivity (Wildman–Crippen MR) is 106 cm³/mol. The van der Waals surface area contributed by atoms with Gasteiger partial charge in [-0.05, 0) is 44.9 Å². The zero-order chi connectivity index (χ0) is 19.7. The molecule has 7 heteroatoms. The first kappa shape index (κ1) is 18.3. The smallest absolute Gasteiger partial charge is 0.255 e. The standard InChI is InChI=1S/C21H25N5O2/c1-14-9-15(2)26(25-14)13-21(7-8-21)12-22-20(27)18-11-23-24-19(18)16-5-4-6-17(10-16)28-3/h4-6,9-11H,7-8,12-13H2,1-3H3,(H,22,27)(H,23,24). The summed E-state index contributed by atoms with van der Waals surface area (Å²) in [6.45, 7) is 5.54. The number of amides is 1. The van der Waals surface area contributed by atoms with Crippen molar-refractivity contribution in [2.75, 3.05) is 13.7 Å². The predicted octanol–water partition coefficient (Wildman–Crippen LogP) is 3.11. The number of nitrogens with one attached hydrogen (secondary N) is 2. The molecule has 1 aromatic carbocycles. The van der Waals surface area contributed by atoms with Gasteiger partial charge in [-0.15, -0.1) is 0 Å². The van der Waals surface area contributed by atoms with Crippen molar-refractivity contribution < 1.29 is 9.53 Å². The van der Waals surface area contributed by atoms with Crippen molar-refractivity contribution in [3.05, 3.63) is 53.5 Å². The maximum atomic E-state index is 12.8. The normalized spacial score (nSPS) is 14.7. The van der Waals surface area contributed by atoms with Gasteiger partial charge in [-0.1, -0.05) is 12.1 Å². The molecule has 4 rings (SSSR count). The van der Waals surface area contributed by atoms with Gasteiger partial charge in [0, 0.05) is 29.8 Å². The lowest BCUT2D eigenvalue weighted by molar-refractivity contribution is 0.0943. The third-order valence-corrected chi connectivity index (χ3v) is 5.41. The van der Waals surface area contributed by atoms with E-state index in [1.165, 1.54) is 0 Å². The number of ether oxygens (including phenoxy) is 1. The second-order valence-electron chi connectivity index (χ2n) is 7.66. The number of carbonyl (C=O) groups is 1. The van der Waals surface area contributed by atoms with E-state index in [0.29, 0.717) is 17.8 Å². The van der Waals surface area contributed by atoms with Crippen molar-refractivity contribution in [1.82, 2.24) is 25.3 Å². The highest BCUT2D eigenvalue weighted by Crippen LogP contribution is 2.46. The Morgan fingerprint density at radius 1 is 1.32 bits per heavy atom.